The predicted octanol–water partition coefficient (Wildman–Crippen LogP) is 2.72. The summed E-state index contributed by atoms with van der Waals surface area (Å²) >= 11 is 1.39. The summed E-state index contributed by atoms with van der Waals surface area (Å²) < 4.78 is 8.69. The third-order valence-corrected chi connectivity index (χ3v) is 5.01. The molecule has 0 saturated carbocycles. The summed E-state index contributed by atoms with van der Waals surface area (Å²) in [5.74, 6) is 1.84. The van der Waals surface area contributed by atoms with E-state index >= 15 is 0 Å². The Bertz CT molecular complexity index is 1130. The molecule has 0 bridgehead atoms. The fourth-order valence-electron chi connectivity index (χ4n) is 2.72. The van der Waals surface area contributed by atoms with Crippen LogP contribution in [-0.4, -0.2) is 29.8 Å². The summed E-state index contributed by atoms with van der Waals surface area (Å²) in [5, 5.41) is 17.9. The van der Waals surface area contributed by atoms with Crippen LogP contribution >= 0.6 is 11.8 Å². The van der Waals surface area contributed by atoms with Gasteiger partial charge in [-0.1, -0.05) is 29.1 Å². The molecule has 3 heterocycles. The maximum Gasteiger partial charge on any atom is 0.278 e. The van der Waals surface area contributed by atoms with Gasteiger partial charge in [-0.05, 0) is 32.0 Å². The number of rotatable bonds is 5. The lowest BCUT2D eigenvalue weighted by Gasteiger charge is -2.07. The Hall–Kier alpha value is -2.94. The maximum absolute atomic E-state index is 12.5. The molecule has 26 heavy (non-hydrogen) atoms. The van der Waals surface area contributed by atoms with Crippen LogP contribution in [0.1, 0.15) is 12.7 Å². The minimum atomic E-state index is -0.170. The number of fused-ring (bicyclic) bond motifs is 1. The molecular formula is C17H16N6O2S. The summed E-state index contributed by atoms with van der Waals surface area (Å²) in [6, 6.07) is 9.05. The molecule has 1 aromatic carbocycles. The Balaban J connectivity index is 1.63. The zero-order valence-corrected chi connectivity index (χ0v) is 15.1. The van der Waals surface area contributed by atoms with Gasteiger partial charge < -0.3 is 8.98 Å². The van der Waals surface area contributed by atoms with Gasteiger partial charge in [0.1, 0.15) is 11.3 Å². The van der Waals surface area contributed by atoms with E-state index in [9.17, 15) is 4.79 Å². The minimum Gasteiger partial charge on any atom is -0.469 e. The largest absolute Gasteiger partial charge is 0.469 e. The third-order valence-electron chi connectivity index (χ3n) is 4.08. The summed E-state index contributed by atoms with van der Waals surface area (Å²) in [5.41, 5.74) is 1.33. The monoisotopic (exact) mass is 368 g/mol. The van der Waals surface area contributed by atoms with Crippen molar-refractivity contribution in [3.63, 3.8) is 0 Å². The molecule has 0 unspecified atom stereocenters. The molecular weight excluding hydrogens is 352 g/mol. The average molecular weight is 368 g/mol. The van der Waals surface area contributed by atoms with Crippen LogP contribution in [0.25, 0.3) is 22.3 Å². The van der Waals surface area contributed by atoms with Crippen LogP contribution in [0.3, 0.4) is 0 Å². The molecule has 0 fully saturated rings. The second kappa shape index (κ2) is 6.75. The van der Waals surface area contributed by atoms with Gasteiger partial charge in [0.25, 0.3) is 5.56 Å². The van der Waals surface area contributed by atoms with E-state index in [1.807, 2.05) is 36.6 Å². The van der Waals surface area contributed by atoms with Gasteiger partial charge in [0.15, 0.2) is 11.0 Å². The van der Waals surface area contributed by atoms with Crippen LogP contribution in [0.15, 0.2) is 51.0 Å². The highest BCUT2D eigenvalue weighted by atomic mass is 32.2. The second-order valence-corrected chi connectivity index (χ2v) is 6.54. The van der Waals surface area contributed by atoms with Gasteiger partial charge in [0, 0.05) is 6.54 Å². The first-order valence-corrected chi connectivity index (χ1v) is 9.10. The van der Waals surface area contributed by atoms with E-state index < -0.39 is 0 Å². The lowest BCUT2D eigenvalue weighted by molar-refractivity contribution is 0.534. The Kier molecular flexibility index (Phi) is 4.29. The molecule has 0 aliphatic carbocycles. The molecule has 0 aliphatic heterocycles. The quantitative estimate of drug-likeness (QED) is 0.500. The Labute approximate surface area is 152 Å². The highest BCUT2D eigenvalue weighted by Gasteiger charge is 2.17. The zero-order valence-electron chi connectivity index (χ0n) is 14.3. The molecule has 0 N–H and O–H groups in total. The van der Waals surface area contributed by atoms with Crippen LogP contribution in [0, 0.1) is 6.92 Å². The Morgan fingerprint density at radius 3 is 2.77 bits per heavy atom. The highest BCUT2D eigenvalue weighted by Crippen LogP contribution is 2.27. The van der Waals surface area contributed by atoms with Gasteiger partial charge in [0.2, 0.25) is 0 Å². The molecule has 0 aliphatic rings. The van der Waals surface area contributed by atoms with Gasteiger partial charge in [-0.2, -0.15) is 4.68 Å². The molecule has 4 rings (SSSR count). The van der Waals surface area contributed by atoms with Gasteiger partial charge in [-0.25, -0.2) is 0 Å². The fourth-order valence-corrected chi connectivity index (χ4v) is 3.60. The SMILES string of the molecule is CCn1c(SCn2nnc3ccccc3c2=O)nnc1-c1ccoc1C. The molecule has 0 radical (unpaired) electrons. The normalized spacial score (nSPS) is 11.3. The highest BCUT2D eigenvalue weighted by molar-refractivity contribution is 7.98. The van der Waals surface area contributed by atoms with E-state index in [0.29, 0.717) is 28.5 Å². The smallest absolute Gasteiger partial charge is 0.278 e. The summed E-state index contributed by atoms with van der Waals surface area (Å²) in [6.07, 6.45) is 1.64. The summed E-state index contributed by atoms with van der Waals surface area (Å²) in [7, 11) is 0. The lowest BCUT2D eigenvalue weighted by Crippen LogP contribution is -2.23. The van der Waals surface area contributed by atoms with Crippen molar-refractivity contribution in [1.29, 1.82) is 0 Å². The van der Waals surface area contributed by atoms with Crippen molar-refractivity contribution in [1.82, 2.24) is 29.8 Å². The van der Waals surface area contributed by atoms with Gasteiger partial charge >= 0.3 is 0 Å². The van der Waals surface area contributed by atoms with Crippen LogP contribution < -0.4 is 5.56 Å². The van der Waals surface area contributed by atoms with Crippen LogP contribution in [0.5, 0.6) is 0 Å². The third kappa shape index (κ3) is 2.80. The number of hydrogen-bond donors (Lipinski definition) is 0. The van der Waals surface area contributed by atoms with Crippen molar-refractivity contribution in [3.05, 3.63) is 52.7 Å². The number of nitrogens with zero attached hydrogens (tertiary/aromatic N) is 6. The van der Waals surface area contributed by atoms with Crippen molar-refractivity contribution in [2.45, 2.75) is 31.4 Å². The number of thioether (sulfide) groups is 1. The number of benzene rings is 1. The molecule has 0 saturated heterocycles. The number of hydrogen-bond acceptors (Lipinski definition) is 7. The Morgan fingerprint density at radius 2 is 2.00 bits per heavy atom. The predicted molar refractivity (Wildman–Crippen MR) is 97.8 cm³/mol. The van der Waals surface area contributed by atoms with E-state index in [1.54, 1.807) is 18.4 Å². The topological polar surface area (TPSA) is 91.6 Å². The first kappa shape index (κ1) is 16.5. The Morgan fingerprint density at radius 1 is 1.15 bits per heavy atom. The van der Waals surface area contributed by atoms with Crippen molar-refractivity contribution >= 4 is 22.7 Å². The van der Waals surface area contributed by atoms with E-state index in [0.717, 1.165) is 17.1 Å². The fraction of sp³-hybridized carbons (Fsp3) is 0.235. The van der Waals surface area contributed by atoms with Crippen LogP contribution in [0.2, 0.25) is 0 Å². The standard InChI is InChI=1S/C17H16N6O2S/c1-3-22-15(12-8-9-25-11(12)2)19-20-17(22)26-10-23-16(24)13-6-4-5-7-14(13)18-21-23/h4-9H,3,10H2,1-2H3. The maximum atomic E-state index is 12.5. The first-order valence-electron chi connectivity index (χ1n) is 8.12. The molecule has 9 heteroatoms. The molecule has 8 nitrogen and oxygen atoms in total. The minimum absolute atomic E-state index is 0.170. The summed E-state index contributed by atoms with van der Waals surface area (Å²) in [6.45, 7) is 4.61. The molecule has 3 aromatic heterocycles. The second-order valence-electron chi connectivity index (χ2n) is 5.63. The number of aromatic nitrogens is 6. The van der Waals surface area contributed by atoms with Gasteiger partial charge in [0.05, 0.1) is 23.1 Å². The van der Waals surface area contributed by atoms with Gasteiger partial charge in [-0.15, -0.1) is 15.3 Å². The summed E-state index contributed by atoms with van der Waals surface area (Å²) in [4.78, 5) is 12.5. The molecule has 132 valence electrons. The first-order chi connectivity index (χ1) is 12.7. The van der Waals surface area contributed by atoms with E-state index in [2.05, 4.69) is 20.5 Å². The zero-order chi connectivity index (χ0) is 18.1. The average Bonchev–Trinajstić information content (AvgIpc) is 3.26. The van der Waals surface area contributed by atoms with E-state index in [1.165, 1.54) is 16.4 Å². The molecule has 0 amide bonds. The lowest BCUT2D eigenvalue weighted by atomic mass is 10.2. The number of aryl methyl sites for hydroxylation is 1. The number of furan rings is 1. The molecule has 0 spiro atoms. The van der Waals surface area contributed by atoms with Crippen molar-refractivity contribution < 1.29 is 4.42 Å². The van der Waals surface area contributed by atoms with Crippen molar-refractivity contribution in [2.24, 2.45) is 0 Å². The van der Waals surface area contributed by atoms with E-state index in [-0.39, 0.29) is 5.56 Å². The molecule has 0 atom stereocenters. The van der Waals surface area contributed by atoms with Crippen molar-refractivity contribution in [2.75, 3.05) is 0 Å². The van der Waals surface area contributed by atoms with Crippen molar-refractivity contribution in [3.8, 4) is 11.4 Å². The molecule has 4 aromatic rings. The van der Waals surface area contributed by atoms with E-state index in [4.69, 9.17) is 4.42 Å². The van der Waals surface area contributed by atoms with Crippen LogP contribution in [-0.2, 0) is 12.4 Å². The van der Waals surface area contributed by atoms with Crippen LogP contribution in [0.4, 0.5) is 0 Å². The van der Waals surface area contributed by atoms with Gasteiger partial charge in [-0.3, -0.25) is 4.79 Å².